The van der Waals surface area contributed by atoms with Gasteiger partial charge in [-0.3, -0.25) is 4.90 Å². The molecule has 0 aliphatic carbocycles. The minimum Gasteiger partial charge on any atom is -0.461 e. The molecule has 0 unspecified atom stereocenters. The topological polar surface area (TPSA) is 74.7 Å². The molecule has 2 heterocycles. The summed E-state index contributed by atoms with van der Waals surface area (Å²) in [6.07, 6.45) is 2.60. The predicted molar refractivity (Wildman–Crippen MR) is 168 cm³/mol. The van der Waals surface area contributed by atoms with Gasteiger partial charge in [-0.25, -0.2) is 0 Å². The Labute approximate surface area is 240 Å². The van der Waals surface area contributed by atoms with E-state index in [1.165, 1.54) is 5.56 Å². The summed E-state index contributed by atoms with van der Waals surface area (Å²) in [7, 11) is 6.11. The SMILES string of the molecule is Cc1oc2ccc(N(C(N)=S)c3cccc(-c4ccccc4)c3)cc2c1CCN(C)Cc1cc(N(C)C)cnn1. The van der Waals surface area contributed by atoms with Gasteiger partial charge >= 0.3 is 0 Å². The number of aromatic nitrogens is 2. The van der Waals surface area contributed by atoms with Gasteiger partial charge in [-0.2, -0.15) is 10.2 Å². The Morgan fingerprint density at radius 3 is 2.38 bits per heavy atom. The molecular formula is C32H34N6OS. The third-order valence-electron chi connectivity index (χ3n) is 7.05. The summed E-state index contributed by atoms with van der Waals surface area (Å²) in [5.41, 5.74) is 14.4. The van der Waals surface area contributed by atoms with Crippen molar-refractivity contribution in [2.24, 2.45) is 5.73 Å². The molecule has 0 aliphatic rings. The highest BCUT2D eigenvalue weighted by atomic mass is 32.1. The van der Waals surface area contributed by atoms with Crippen molar-refractivity contribution in [2.45, 2.75) is 19.9 Å². The van der Waals surface area contributed by atoms with Gasteiger partial charge in [0.1, 0.15) is 11.3 Å². The van der Waals surface area contributed by atoms with Crippen LogP contribution in [0.4, 0.5) is 17.1 Å². The van der Waals surface area contributed by atoms with Gasteiger partial charge in [0.25, 0.3) is 0 Å². The molecule has 5 aromatic rings. The van der Waals surface area contributed by atoms with E-state index in [9.17, 15) is 0 Å². The molecule has 0 saturated carbocycles. The molecule has 0 atom stereocenters. The van der Waals surface area contributed by atoms with Crippen LogP contribution in [0.2, 0.25) is 0 Å². The van der Waals surface area contributed by atoms with Crippen molar-refractivity contribution in [3.05, 3.63) is 102 Å². The van der Waals surface area contributed by atoms with Crippen LogP contribution in [0.25, 0.3) is 22.1 Å². The molecule has 0 fully saturated rings. The third kappa shape index (κ3) is 5.98. The summed E-state index contributed by atoms with van der Waals surface area (Å²) in [4.78, 5) is 6.20. The van der Waals surface area contributed by atoms with Crippen molar-refractivity contribution in [3.8, 4) is 11.1 Å². The zero-order valence-electron chi connectivity index (χ0n) is 23.3. The van der Waals surface area contributed by atoms with E-state index in [2.05, 4.69) is 58.5 Å². The van der Waals surface area contributed by atoms with Crippen molar-refractivity contribution in [3.63, 3.8) is 0 Å². The van der Waals surface area contributed by atoms with Crippen LogP contribution in [0.5, 0.6) is 0 Å². The predicted octanol–water partition coefficient (Wildman–Crippen LogP) is 6.32. The molecule has 3 aromatic carbocycles. The normalized spacial score (nSPS) is 11.2. The lowest BCUT2D eigenvalue weighted by molar-refractivity contribution is 0.325. The standard InChI is InChI=1S/C32H34N6OS/c1-22-29(15-16-37(4)21-25-18-28(36(2)3)20-34-35-25)30-19-27(13-14-31(30)39-22)38(32(33)40)26-12-8-11-24(17-26)23-9-6-5-7-10-23/h5-14,17-20H,15-16,21H2,1-4H3,(H2,33,40). The van der Waals surface area contributed by atoms with Gasteiger partial charge in [-0.05, 0) is 80.1 Å². The molecule has 7 nitrogen and oxygen atoms in total. The largest absolute Gasteiger partial charge is 0.461 e. The Bertz CT molecular complexity index is 1630. The van der Waals surface area contributed by atoms with Crippen LogP contribution in [-0.4, -0.2) is 47.9 Å². The van der Waals surface area contributed by atoms with E-state index < -0.39 is 0 Å². The second-order valence-corrected chi connectivity index (χ2v) is 10.6. The van der Waals surface area contributed by atoms with Crippen LogP contribution in [0.1, 0.15) is 17.0 Å². The number of fused-ring (bicyclic) bond motifs is 1. The first-order valence-corrected chi connectivity index (χ1v) is 13.7. The molecule has 5 rings (SSSR count). The number of thiocarbonyl (C=S) groups is 1. The maximum Gasteiger partial charge on any atom is 0.175 e. The number of likely N-dealkylation sites (N-methyl/N-ethyl adjacent to an activating group) is 1. The van der Waals surface area contributed by atoms with Crippen LogP contribution in [0, 0.1) is 6.92 Å². The number of furan rings is 1. The minimum absolute atomic E-state index is 0.284. The highest BCUT2D eigenvalue weighted by molar-refractivity contribution is 7.80. The fourth-order valence-electron chi connectivity index (χ4n) is 4.95. The van der Waals surface area contributed by atoms with E-state index in [-0.39, 0.29) is 5.11 Å². The maximum absolute atomic E-state index is 6.29. The monoisotopic (exact) mass is 550 g/mol. The van der Waals surface area contributed by atoms with E-state index >= 15 is 0 Å². The number of nitrogens with zero attached hydrogens (tertiary/aromatic N) is 5. The van der Waals surface area contributed by atoms with Crippen LogP contribution < -0.4 is 15.5 Å². The molecule has 0 saturated heterocycles. The first-order chi connectivity index (χ1) is 19.3. The van der Waals surface area contributed by atoms with Gasteiger partial charge < -0.3 is 20.0 Å². The fraction of sp³-hybridized carbons (Fsp3) is 0.219. The number of anilines is 3. The van der Waals surface area contributed by atoms with Gasteiger partial charge in [-0.1, -0.05) is 42.5 Å². The third-order valence-corrected chi connectivity index (χ3v) is 7.23. The number of rotatable bonds is 9. The summed E-state index contributed by atoms with van der Waals surface area (Å²) in [5.74, 6) is 0.919. The lowest BCUT2D eigenvalue weighted by atomic mass is 10.0. The average Bonchev–Trinajstić information content (AvgIpc) is 3.26. The first-order valence-electron chi connectivity index (χ1n) is 13.2. The molecule has 2 aromatic heterocycles. The van der Waals surface area contributed by atoms with E-state index in [1.807, 2.05) is 73.3 Å². The summed E-state index contributed by atoms with van der Waals surface area (Å²) >= 11 is 5.53. The van der Waals surface area contributed by atoms with Gasteiger partial charge in [0.15, 0.2) is 5.11 Å². The Hall–Kier alpha value is -4.27. The van der Waals surface area contributed by atoms with Gasteiger partial charge in [-0.15, -0.1) is 0 Å². The highest BCUT2D eigenvalue weighted by Crippen LogP contribution is 2.34. The number of benzene rings is 3. The van der Waals surface area contributed by atoms with Crippen molar-refractivity contribution in [1.82, 2.24) is 15.1 Å². The molecule has 0 aliphatic heterocycles. The molecule has 204 valence electrons. The molecule has 0 radical (unpaired) electrons. The fourth-order valence-corrected chi connectivity index (χ4v) is 5.16. The minimum atomic E-state index is 0.284. The van der Waals surface area contributed by atoms with Crippen molar-refractivity contribution >= 4 is 45.4 Å². The smallest absolute Gasteiger partial charge is 0.175 e. The molecular weight excluding hydrogens is 516 g/mol. The number of aryl methyl sites for hydroxylation is 1. The number of nitrogens with two attached hydrogens (primary N) is 1. The first kappa shape index (κ1) is 27.3. The van der Waals surface area contributed by atoms with Gasteiger partial charge in [0.2, 0.25) is 0 Å². The summed E-state index contributed by atoms with van der Waals surface area (Å²) in [6.45, 7) is 3.57. The molecule has 40 heavy (non-hydrogen) atoms. The maximum atomic E-state index is 6.29. The molecule has 8 heteroatoms. The summed E-state index contributed by atoms with van der Waals surface area (Å²) in [6, 6.07) is 26.8. The van der Waals surface area contributed by atoms with Gasteiger partial charge in [0, 0.05) is 49.5 Å². The zero-order valence-corrected chi connectivity index (χ0v) is 24.2. The van der Waals surface area contributed by atoms with Gasteiger partial charge in [0.05, 0.1) is 17.6 Å². The van der Waals surface area contributed by atoms with E-state index in [0.29, 0.717) is 6.54 Å². The number of hydrogen-bond acceptors (Lipinski definition) is 6. The van der Waals surface area contributed by atoms with Crippen LogP contribution in [0.3, 0.4) is 0 Å². The number of hydrogen-bond donors (Lipinski definition) is 1. The van der Waals surface area contributed by atoms with E-state index in [4.69, 9.17) is 22.4 Å². The summed E-state index contributed by atoms with van der Waals surface area (Å²) < 4.78 is 6.14. The Kier molecular flexibility index (Phi) is 8.09. The lowest BCUT2D eigenvalue weighted by Gasteiger charge is -2.24. The van der Waals surface area contributed by atoms with Crippen LogP contribution in [-0.2, 0) is 13.0 Å². The second kappa shape index (κ2) is 11.9. The van der Waals surface area contributed by atoms with Crippen LogP contribution in [0.15, 0.2) is 89.5 Å². The molecule has 0 amide bonds. The van der Waals surface area contributed by atoms with E-state index in [1.54, 1.807) is 6.20 Å². The second-order valence-electron chi connectivity index (χ2n) is 10.2. The Balaban J connectivity index is 1.40. The molecule has 0 bridgehead atoms. The molecule has 2 N–H and O–H groups in total. The van der Waals surface area contributed by atoms with Crippen LogP contribution >= 0.6 is 12.2 Å². The highest BCUT2D eigenvalue weighted by Gasteiger charge is 2.18. The average molecular weight is 551 g/mol. The lowest BCUT2D eigenvalue weighted by Crippen LogP contribution is -2.31. The van der Waals surface area contributed by atoms with Crippen molar-refractivity contribution in [1.29, 1.82) is 0 Å². The van der Waals surface area contributed by atoms with E-state index in [0.717, 1.165) is 63.6 Å². The van der Waals surface area contributed by atoms with Crippen molar-refractivity contribution < 1.29 is 4.42 Å². The quantitative estimate of drug-likeness (QED) is 0.214. The van der Waals surface area contributed by atoms with Crippen molar-refractivity contribution in [2.75, 3.05) is 37.5 Å². The Morgan fingerprint density at radius 1 is 0.875 bits per heavy atom. The zero-order chi connectivity index (χ0) is 28.2. The molecule has 0 spiro atoms. The summed E-state index contributed by atoms with van der Waals surface area (Å²) in [5, 5.41) is 9.81. The Morgan fingerprint density at radius 2 is 1.62 bits per heavy atom.